The van der Waals surface area contributed by atoms with Crippen molar-refractivity contribution in [1.29, 1.82) is 0 Å². The second-order valence-electron chi connectivity index (χ2n) is 4.73. The second-order valence-corrected chi connectivity index (χ2v) is 4.73. The summed E-state index contributed by atoms with van der Waals surface area (Å²) in [6, 6.07) is -2.10. The molecule has 0 aliphatic heterocycles. The van der Waals surface area contributed by atoms with Crippen molar-refractivity contribution >= 4 is 23.8 Å². The topological polar surface area (TPSA) is 133 Å². The summed E-state index contributed by atoms with van der Waals surface area (Å²) in [4.78, 5) is 44.6. The number of hydrogen-bond donors (Lipinski definition) is 4. The molecule has 0 aliphatic rings. The fraction of sp³-hybridized carbons (Fsp3) is 0.692. The lowest BCUT2D eigenvalue weighted by atomic mass is 10.1. The number of rotatable bonds is 10. The minimum atomic E-state index is -1.30. The Balaban J connectivity index is 4.68. The Bertz CT molecular complexity index is 396. The van der Waals surface area contributed by atoms with Crippen LogP contribution in [-0.2, 0) is 19.2 Å². The first-order valence-corrected chi connectivity index (χ1v) is 6.80. The summed E-state index contributed by atoms with van der Waals surface area (Å²) < 4.78 is 0. The molecular formula is C13H22N2O6. The van der Waals surface area contributed by atoms with Gasteiger partial charge in [-0.1, -0.05) is 19.8 Å². The van der Waals surface area contributed by atoms with Crippen LogP contribution in [0.5, 0.6) is 0 Å². The zero-order valence-electron chi connectivity index (χ0n) is 12.2. The van der Waals surface area contributed by atoms with Gasteiger partial charge in [-0.25, -0.2) is 4.79 Å². The van der Waals surface area contributed by atoms with E-state index in [1.807, 2.05) is 6.92 Å². The monoisotopic (exact) mass is 302 g/mol. The Hall–Kier alpha value is -2.12. The van der Waals surface area contributed by atoms with Gasteiger partial charge in [-0.2, -0.15) is 0 Å². The van der Waals surface area contributed by atoms with Gasteiger partial charge in [-0.15, -0.1) is 0 Å². The summed E-state index contributed by atoms with van der Waals surface area (Å²) in [7, 11) is 0. The average molecular weight is 302 g/mol. The first-order valence-electron chi connectivity index (χ1n) is 6.80. The van der Waals surface area contributed by atoms with Crippen molar-refractivity contribution < 1.29 is 29.4 Å². The molecule has 8 heteroatoms. The molecule has 2 amide bonds. The highest BCUT2D eigenvalue weighted by Crippen LogP contribution is 2.04. The highest BCUT2D eigenvalue weighted by Gasteiger charge is 2.25. The lowest BCUT2D eigenvalue weighted by molar-refractivity contribution is -0.143. The quantitative estimate of drug-likeness (QED) is 0.453. The molecule has 0 fully saturated rings. The Labute approximate surface area is 122 Å². The Kier molecular flexibility index (Phi) is 8.75. The number of hydrogen-bond acceptors (Lipinski definition) is 4. The predicted molar refractivity (Wildman–Crippen MR) is 73.6 cm³/mol. The molecule has 0 bridgehead atoms. The van der Waals surface area contributed by atoms with Crippen molar-refractivity contribution in [1.82, 2.24) is 10.6 Å². The lowest BCUT2D eigenvalue weighted by Crippen LogP contribution is -2.51. The number of carboxylic acids is 2. The summed E-state index contributed by atoms with van der Waals surface area (Å²) >= 11 is 0. The van der Waals surface area contributed by atoms with Crippen LogP contribution in [0.1, 0.15) is 46.0 Å². The third-order valence-electron chi connectivity index (χ3n) is 2.80. The number of unbranched alkanes of at least 4 members (excludes halogenated alkanes) is 1. The van der Waals surface area contributed by atoms with E-state index in [9.17, 15) is 19.2 Å². The standard InChI is InChI=1S/C13H22N2O6/c1-3-4-5-9(14-8(2)16)12(19)15-10(13(20)21)6-7-11(17)18/h9-10H,3-7H2,1-2H3,(H,14,16)(H,15,19)(H,17,18)(H,20,21)/t9-,10-/m0/s1. The van der Waals surface area contributed by atoms with E-state index < -0.39 is 29.9 Å². The van der Waals surface area contributed by atoms with Crippen molar-refractivity contribution in [2.45, 2.75) is 58.0 Å². The maximum absolute atomic E-state index is 12.0. The van der Waals surface area contributed by atoms with Gasteiger partial charge in [0, 0.05) is 13.3 Å². The molecule has 4 N–H and O–H groups in total. The molecule has 0 radical (unpaired) electrons. The number of carbonyl (C=O) groups is 4. The van der Waals surface area contributed by atoms with Gasteiger partial charge in [-0.3, -0.25) is 14.4 Å². The van der Waals surface area contributed by atoms with E-state index >= 15 is 0 Å². The van der Waals surface area contributed by atoms with Gasteiger partial charge in [0.25, 0.3) is 0 Å². The highest BCUT2D eigenvalue weighted by atomic mass is 16.4. The Morgan fingerprint density at radius 1 is 1.00 bits per heavy atom. The summed E-state index contributed by atoms with van der Waals surface area (Å²) in [6.45, 7) is 3.20. The van der Waals surface area contributed by atoms with Crippen molar-refractivity contribution in [3.8, 4) is 0 Å². The molecule has 0 aliphatic carbocycles. The SMILES string of the molecule is CCCC[C@H](NC(C)=O)C(=O)N[C@@H](CCC(=O)O)C(=O)O. The molecule has 120 valence electrons. The van der Waals surface area contributed by atoms with Crippen LogP contribution in [-0.4, -0.2) is 46.0 Å². The maximum atomic E-state index is 12.0. The van der Waals surface area contributed by atoms with E-state index in [1.165, 1.54) is 6.92 Å². The Morgan fingerprint density at radius 3 is 2.05 bits per heavy atom. The number of carboxylic acid groups (broad SMARTS) is 2. The average Bonchev–Trinajstić information content (AvgIpc) is 2.37. The predicted octanol–water partition coefficient (Wildman–Crippen LogP) is 0.116. The van der Waals surface area contributed by atoms with Crippen molar-refractivity contribution in [3.05, 3.63) is 0 Å². The maximum Gasteiger partial charge on any atom is 0.326 e. The molecular weight excluding hydrogens is 280 g/mol. The van der Waals surface area contributed by atoms with Crippen molar-refractivity contribution in [2.24, 2.45) is 0 Å². The zero-order valence-corrected chi connectivity index (χ0v) is 12.2. The zero-order chi connectivity index (χ0) is 16.4. The lowest BCUT2D eigenvalue weighted by Gasteiger charge is -2.20. The van der Waals surface area contributed by atoms with Gasteiger partial charge in [0.15, 0.2) is 0 Å². The molecule has 0 aromatic carbocycles. The van der Waals surface area contributed by atoms with Crippen LogP contribution in [0.3, 0.4) is 0 Å². The van der Waals surface area contributed by atoms with E-state index in [0.29, 0.717) is 12.8 Å². The van der Waals surface area contributed by atoms with Gasteiger partial charge in [0.05, 0.1) is 0 Å². The summed E-state index contributed by atoms with van der Waals surface area (Å²) in [5.41, 5.74) is 0. The molecule has 0 saturated heterocycles. The van der Waals surface area contributed by atoms with Crippen LogP contribution >= 0.6 is 0 Å². The summed E-state index contributed by atoms with van der Waals surface area (Å²) in [6.07, 6.45) is 1.34. The number of aliphatic carboxylic acids is 2. The molecule has 0 aromatic heterocycles. The van der Waals surface area contributed by atoms with E-state index in [4.69, 9.17) is 10.2 Å². The van der Waals surface area contributed by atoms with Crippen LogP contribution in [0, 0.1) is 0 Å². The van der Waals surface area contributed by atoms with Crippen molar-refractivity contribution in [2.75, 3.05) is 0 Å². The summed E-state index contributed by atoms with van der Waals surface area (Å²) in [5.74, 6) is -3.44. The first-order chi connectivity index (χ1) is 9.77. The normalized spacial score (nSPS) is 13.0. The van der Waals surface area contributed by atoms with Crippen LogP contribution in [0.2, 0.25) is 0 Å². The molecule has 0 spiro atoms. The molecule has 0 saturated carbocycles. The fourth-order valence-electron chi connectivity index (χ4n) is 1.72. The van der Waals surface area contributed by atoms with Crippen LogP contribution in [0.15, 0.2) is 0 Å². The van der Waals surface area contributed by atoms with Gasteiger partial charge >= 0.3 is 11.9 Å². The van der Waals surface area contributed by atoms with E-state index in [0.717, 1.165) is 6.42 Å². The van der Waals surface area contributed by atoms with Crippen molar-refractivity contribution in [3.63, 3.8) is 0 Å². The van der Waals surface area contributed by atoms with E-state index in [2.05, 4.69) is 10.6 Å². The largest absolute Gasteiger partial charge is 0.481 e. The molecule has 0 rings (SSSR count). The van der Waals surface area contributed by atoms with Gasteiger partial charge < -0.3 is 20.8 Å². The minimum Gasteiger partial charge on any atom is -0.481 e. The fourth-order valence-corrected chi connectivity index (χ4v) is 1.72. The molecule has 8 nitrogen and oxygen atoms in total. The van der Waals surface area contributed by atoms with Gasteiger partial charge in [0.1, 0.15) is 12.1 Å². The second kappa shape index (κ2) is 9.73. The highest BCUT2D eigenvalue weighted by molar-refractivity contribution is 5.90. The van der Waals surface area contributed by atoms with E-state index in [-0.39, 0.29) is 18.7 Å². The number of nitrogens with one attached hydrogen (secondary N) is 2. The smallest absolute Gasteiger partial charge is 0.326 e. The molecule has 0 aromatic rings. The van der Waals surface area contributed by atoms with Crippen LogP contribution in [0.25, 0.3) is 0 Å². The van der Waals surface area contributed by atoms with Gasteiger partial charge in [0.2, 0.25) is 11.8 Å². The number of amides is 2. The van der Waals surface area contributed by atoms with Crippen LogP contribution in [0.4, 0.5) is 0 Å². The minimum absolute atomic E-state index is 0.211. The Morgan fingerprint density at radius 2 is 1.62 bits per heavy atom. The van der Waals surface area contributed by atoms with Crippen LogP contribution < -0.4 is 10.6 Å². The molecule has 0 heterocycles. The summed E-state index contributed by atoms with van der Waals surface area (Å²) in [5, 5.41) is 22.3. The van der Waals surface area contributed by atoms with E-state index in [1.54, 1.807) is 0 Å². The third-order valence-corrected chi connectivity index (χ3v) is 2.80. The number of carbonyl (C=O) groups excluding carboxylic acids is 2. The first kappa shape index (κ1) is 18.9. The molecule has 21 heavy (non-hydrogen) atoms. The molecule has 0 unspecified atom stereocenters. The third kappa shape index (κ3) is 8.61. The molecule has 2 atom stereocenters. The van der Waals surface area contributed by atoms with Gasteiger partial charge in [-0.05, 0) is 12.8 Å².